The van der Waals surface area contributed by atoms with Crippen LogP contribution >= 0.6 is 0 Å². The lowest BCUT2D eigenvalue weighted by Crippen LogP contribution is -2.33. The summed E-state index contributed by atoms with van der Waals surface area (Å²) in [6, 6.07) is 7.32. The summed E-state index contributed by atoms with van der Waals surface area (Å²) >= 11 is 0. The van der Waals surface area contributed by atoms with Crippen LogP contribution in [0.25, 0.3) is 0 Å². The van der Waals surface area contributed by atoms with E-state index < -0.39 is 18.1 Å². The Balaban J connectivity index is 0.00000121. The van der Waals surface area contributed by atoms with Crippen LogP contribution in [-0.2, 0) is 9.53 Å². The number of alkyl carbamates (subject to hydrolysis) is 1. The number of benzene rings is 1. The summed E-state index contributed by atoms with van der Waals surface area (Å²) in [6.45, 7) is 4.00. The predicted octanol–water partition coefficient (Wildman–Crippen LogP) is 2.19. The number of aliphatic carboxylic acids is 1. The molecule has 0 aliphatic carbocycles. The minimum Gasteiger partial charge on any atom is -0.479 e. The smallest absolute Gasteiger partial charge is 0.407 e. The molecule has 0 saturated carbocycles. The summed E-state index contributed by atoms with van der Waals surface area (Å²) in [4.78, 5) is 21.8. The second-order valence-electron chi connectivity index (χ2n) is 2.82. The first-order chi connectivity index (χ1) is 8.15. The van der Waals surface area contributed by atoms with Crippen LogP contribution < -0.4 is 5.32 Å². The highest BCUT2D eigenvalue weighted by atomic mass is 16.5. The molecule has 17 heavy (non-hydrogen) atoms. The standard InChI is InChI=1S/C10H11NO4.C2H6/c1-15-10(14)11-8(9(12)13)7-5-3-2-4-6-7;1-2/h2-6,8H,1H3,(H,11,14)(H,12,13);1-2H3. The van der Waals surface area contributed by atoms with Crippen molar-refractivity contribution in [2.75, 3.05) is 7.11 Å². The third-order valence-corrected chi connectivity index (χ3v) is 1.83. The van der Waals surface area contributed by atoms with Crippen molar-refractivity contribution in [3.63, 3.8) is 0 Å². The number of carbonyl (C=O) groups is 2. The van der Waals surface area contributed by atoms with Crippen LogP contribution in [0.3, 0.4) is 0 Å². The van der Waals surface area contributed by atoms with Gasteiger partial charge in [-0.1, -0.05) is 44.2 Å². The van der Waals surface area contributed by atoms with Gasteiger partial charge in [0.05, 0.1) is 7.11 Å². The maximum Gasteiger partial charge on any atom is 0.407 e. The van der Waals surface area contributed by atoms with Gasteiger partial charge in [0.15, 0.2) is 6.04 Å². The fourth-order valence-corrected chi connectivity index (χ4v) is 1.11. The van der Waals surface area contributed by atoms with Crippen molar-refractivity contribution in [3.05, 3.63) is 35.9 Å². The number of ether oxygens (including phenoxy) is 1. The van der Waals surface area contributed by atoms with E-state index in [1.807, 2.05) is 13.8 Å². The second-order valence-corrected chi connectivity index (χ2v) is 2.82. The Morgan fingerprint density at radius 1 is 1.24 bits per heavy atom. The molecule has 0 fully saturated rings. The molecule has 1 amide bonds. The average Bonchev–Trinajstić information content (AvgIpc) is 2.38. The molecule has 0 saturated heterocycles. The molecule has 1 aromatic rings. The average molecular weight is 239 g/mol. The van der Waals surface area contributed by atoms with Crippen LogP contribution in [0.5, 0.6) is 0 Å². The van der Waals surface area contributed by atoms with Crippen LogP contribution in [-0.4, -0.2) is 24.3 Å². The van der Waals surface area contributed by atoms with E-state index in [1.54, 1.807) is 30.3 Å². The third kappa shape index (κ3) is 5.01. The monoisotopic (exact) mass is 239 g/mol. The molecule has 5 heteroatoms. The Bertz CT molecular complexity index is 351. The van der Waals surface area contributed by atoms with Crippen molar-refractivity contribution in [2.24, 2.45) is 0 Å². The third-order valence-electron chi connectivity index (χ3n) is 1.83. The number of carboxylic acids is 1. The molecule has 1 aromatic carbocycles. The molecule has 0 radical (unpaired) electrons. The highest BCUT2D eigenvalue weighted by Crippen LogP contribution is 2.12. The number of hydrogen-bond acceptors (Lipinski definition) is 3. The van der Waals surface area contributed by atoms with Gasteiger partial charge in [0, 0.05) is 0 Å². The molecule has 1 rings (SSSR count). The van der Waals surface area contributed by atoms with Gasteiger partial charge in [-0.15, -0.1) is 0 Å². The molecule has 2 N–H and O–H groups in total. The van der Waals surface area contributed by atoms with E-state index in [2.05, 4.69) is 10.1 Å². The molecule has 0 spiro atoms. The van der Waals surface area contributed by atoms with E-state index in [1.165, 1.54) is 7.11 Å². The van der Waals surface area contributed by atoms with Gasteiger partial charge in [-0.25, -0.2) is 9.59 Å². The van der Waals surface area contributed by atoms with Crippen LogP contribution in [0.1, 0.15) is 25.5 Å². The SMILES string of the molecule is CC.COC(=O)NC(C(=O)O)c1ccccc1. The first kappa shape index (κ1) is 15.0. The molecule has 0 bridgehead atoms. The molecule has 5 nitrogen and oxygen atoms in total. The summed E-state index contributed by atoms with van der Waals surface area (Å²) in [5.41, 5.74) is 0.496. The van der Waals surface area contributed by atoms with Crippen molar-refractivity contribution in [1.29, 1.82) is 0 Å². The first-order valence-electron chi connectivity index (χ1n) is 5.27. The van der Waals surface area contributed by atoms with E-state index in [0.29, 0.717) is 5.56 Å². The number of amides is 1. The van der Waals surface area contributed by atoms with Crippen LogP contribution in [0, 0.1) is 0 Å². The van der Waals surface area contributed by atoms with Gasteiger partial charge in [-0.2, -0.15) is 0 Å². The molecular weight excluding hydrogens is 222 g/mol. The molecule has 0 aliphatic heterocycles. The molecule has 1 unspecified atom stereocenters. The van der Waals surface area contributed by atoms with Gasteiger partial charge in [-0.3, -0.25) is 0 Å². The Morgan fingerprint density at radius 2 is 1.76 bits per heavy atom. The first-order valence-corrected chi connectivity index (χ1v) is 5.27. The van der Waals surface area contributed by atoms with Crippen LogP contribution in [0.15, 0.2) is 30.3 Å². The fourth-order valence-electron chi connectivity index (χ4n) is 1.11. The van der Waals surface area contributed by atoms with Gasteiger partial charge in [0.2, 0.25) is 0 Å². The Kier molecular flexibility index (Phi) is 7.17. The minimum absolute atomic E-state index is 0.496. The molecular formula is C12H17NO4. The molecule has 94 valence electrons. The maximum absolute atomic E-state index is 10.9. The zero-order chi connectivity index (χ0) is 13.3. The number of nitrogens with one attached hydrogen (secondary N) is 1. The van der Waals surface area contributed by atoms with E-state index in [-0.39, 0.29) is 0 Å². The topological polar surface area (TPSA) is 75.6 Å². The van der Waals surface area contributed by atoms with Gasteiger partial charge in [-0.05, 0) is 5.56 Å². The van der Waals surface area contributed by atoms with Crippen molar-refractivity contribution in [3.8, 4) is 0 Å². The van der Waals surface area contributed by atoms with E-state index in [4.69, 9.17) is 5.11 Å². The van der Waals surface area contributed by atoms with Crippen molar-refractivity contribution < 1.29 is 19.4 Å². The number of carbonyl (C=O) groups excluding carboxylic acids is 1. The lowest BCUT2D eigenvalue weighted by molar-refractivity contribution is -0.139. The van der Waals surface area contributed by atoms with Crippen molar-refractivity contribution >= 4 is 12.1 Å². The summed E-state index contributed by atoms with van der Waals surface area (Å²) in [5, 5.41) is 11.1. The Morgan fingerprint density at radius 3 is 2.18 bits per heavy atom. The highest BCUT2D eigenvalue weighted by Gasteiger charge is 2.21. The predicted molar refractivity (Wildman–Crippen MR) is 63.7 cm³/mol. The van der Waals surface area contributed by atoms with Crippen molar-refractivity contribution in [2.45, 2.75) is 19.9 Å². The largest absolute Gasteiger partial charge is 0.479 e. The number of carboxylic acid groups (broad SMARTS) is 1. The van der Waals surface area contributed by atoms with Gasteiger partial charge >= 0.3 is 12.1 Å². The highest BCUT2D eigenvalue weighted by molar-refractivity contribution is 5.81. The summed E-state index contributed by atoms with van der Waals surface area (Å²) in [7, 11) is 1.18. The van der Waals surface area contributed by atoms with Crippen LogP contribution in [0.4, 0.5) is 4.79 Å². The minimum atomic E-state index is -1.13. The zero-order valence-electron chi connectivity index (χ0n) is 10.1. The fraction of sp³-hybridized carbons (Fsp3) is 0.333. The van der Waals surface area contributed by atoms with Crippen molar-refractivity contribution in [1.82, 2.24) is 5.32 Å². The lowest BCUT2D eigenvalue weighted by atomic mass is 10.1. The summed E-state index contributed by atoms with van der Waals surface area (Å²) < 4.78 is 4.34. The second kappa shape index (κ2) is 8.15. The number of methoxy groups -OCH3 is 1. The van der Waals surface area contributed by atoms with E-state index in [0.717, 1.165) is 0 Å². The van der Waals surface area contributed by atoms with Gasteiger partial charge in [0.25, 0.3) is 0 Å². The lowest BCUT2D eigenvalue weighted by Gasteiger charge is -2.13. The maximum atomic E-state index is 10.9. The molecule has 0 aliphatic rings. The number of rotatable bonds is 3. The summed E-state index contributed by atoms with van der Waals surface area (Å²) in [5.74, 6) is -1.13. The molecule has 1 atom stereocenters. The Hall–Kier alpha value is -2.04. The van der Waals surface area contributed by atoms with E-state index in [9.17, 15) is 9.59 Å². The quantitative estimate of drug-likeness (QED) is 0.847. The van der Waals surface area contributed by atoms with Crippen LogP contribution in [0.2, 0.25) is 0 Å². The van der Waals surface area contributed by atoms with Gasteiger partial charge < -0.3 is 15.2 Å². The normalized spacial score (nSPS) is 10.5. The van der Waals surface area contributed by atoms with E-state index >= 15 is 0 Å². The van der Waals surface area contributed by atoms with Gasteiger partial charge in [0.1, 0.15) is 0 Å². The summed E-state index contributed by atoms with van der Waals surface area (Å²) in [6.07, 6.45) is -0.772. The number of hydrogen-bond donors (Lipinski definition) is 2. The molecule has 0 heterocycles. The zero-order valence-corrected chi connectivity index (χ0v) is 10.1. The molecule has 0 aromatic heterocycles. The Labute approximate surface area is 100 Å².